The van der Waals surface area contributed by atoms with E-state index in [1.165, 1.54) is 0 Å². The fraction of sp³-hybridized carbons (Fsp3) is 0.778. The van der Waals surface area contributed by atoms with Crippen LogP contribution in [0.5, 0.6) is 0 Å². The van der Waals surface area contributed by atoms with Gasteiger partial charge in [0.05, 0.1) is 0 Å². The van der Waals surface area contributed by atoms with Crippen molar-refractivity contribution in [2.75, 3.05) is 13.7 Å². The molecule has 0 amide bonds. The van der Waals surface area contributed by atoms with Gasteiger partial charge in [-0.05, 0) is 5.41 Å². The Morgan fingerprint density at radius 3 is 2.20 bits per heavy atom. The van der Waals surface area contributed by atoms with E-state index < -0.39 is 0 Å². The Morgan fingerprint density at radius 1 is 1.20 bits per heavy atom. The van der Waals surface area contributed by atoms with E-state index in [2.05, 4.69) is 32.6 Å². The highest BCUT2D eigenvalue weighted by Crippen LogP contribution is 2.16. The van der Waals surface area contributed by atoms with Crippen LogP contribution >= 0.6 is 0 Å². The fourth-order valence-corrected chi connectivity index (χ4v) is 0.451. The van der Waals surface area contributed by atoms with Crippen molar-refractivity contribution in [1.82, 2.24) is 0 Å². The Labute approximate surface area is 63.8 Å². The monoisotopic (exact) mass is 140 g/mol. The third-order valence-corrected chi connectivity index (χ3v) is 0.960. The Balaban J connectivity index is 3.46. The molecule has 0 radical (unpaired) electrons. The quantitative estimate of drug-likeness (QED) is 0.507. The van der Waals surface area contributed by atoms with Crippen LogP contribution in [0.2, 0.25) is 0 Å². The van der Waals surface area contributed by atoms with E-state index in [0.717, 1.165) is 6.42 Å². The largest absolute Gasteiger partial charge is 0.372 e. The summed E-state index contributed by atoms with van der Waals surface area (Å²) in [5.74, 6) is 5.97. The van der Waals surface area contributed by atoms with Crippen molar-refractivity contribution in [3.63, 3.8) is 0 Å². The number of ether oxygens (including phenoxy) is 1. The van der Waals surface area contributed by atoms with Crippen molar-refractivity contribution in [1.29, 1.82) is 0 Å². The Kier molecular flexibility index (Phi) is 4.14. The zero-order valence-corrected chi connectivity index (χ0v) is 7.32. The lowest BCUT2D eigenvalue weighted by Gasteiger charge is -2.12. The van der Waals surface area contributed by atoms with Gasteiger partial charge in [0.1, 0.15) is 6.61 Å². The molecule has 10 heavy (non-hydrogen) atoms. The fourth-order valence-electron chi connectivity index (χ4n) is 0.451. The third-order valence-electron chi connectivity index (χ3n) is 0.960. The SMILES string of the molecule is COCC#CCC(C)(C)C. The van der Waals surface area contributed by atoms with Gasteiger partial charge >= 0.3 is 0 Å². The Hall–Kier alpha value is -0.480. The number of hydrogen-bond donors (Lipinski definition) is 0. The molecule has 0 aromatic rings. The maximum Gasteiger partial charge on any atom is 0.107 e. The summed E-state index contributed by atoms with van der Waals surface area (Å²) in [5, 5.41) is 0. The lowest BCUT2D eigenvalue weighted by molar-refractivity contribution is 0.239. The molecule has 0 saturated carbocycles. The Morgan fingerprint density at radius 2 is 1.80 bits per heavy atom. The number of methoxy groups -OCH3 is 1. The van der Waals surface area contributed by atoms with Crippen molar-refractivity contribution in [3.05, 3.63) is 0 Å². The summed E-state index contributed by atoms with van der Waals surface area (Å²) in [6.45, 7) is 7.08. The minimum atomic E-state index is 0.320. The van der Waals surface area contributed by atoms with Crippen molar-refractivity contribution in [2.45, 2.75) is 27.2 Å². The van der Waals surface area contributed by atoms with Crippen LogP contribution in [-0.2, 0) is 4.74 Å². The van der Waals surface area contributed by atoms with Gasteiger partial charge in [-0.2, -0.15) is 0 Å². The van der Waals surface area contributed by atoms with Crippen LogP contribution in [0.1, 0.15) is 27.2 Å². The Bertz CT molecular complexity index is 131. The van der Waals surface area contributed by atoms with Gasteiger partial charge in [0.15, 0.2) is 0 Å². The van der Waals surface area contributed by atoms with Crippen molar-refractivity contribution in [2.24, 2.45) is 5.41 Å². The van der Waals surface area contributed by atoms with Crippen LogP contribution in [0, 0.1) is 17.3 Å². The molecule has 0 bridgehead atoms. The number of rotatable bonds is 1. The highest BCUT2D eigenvalue weighted by molar-refractivity contribution is 5.01. The molecule has 1 heteroatoms. The molecular weight excluding hydrogens is 124 g/mol. The summed E-state index contributed by atoms with van der Waals surface area (Å²) in [6, 6.07) is 0. The van der Waals surface area contributed by atoms with E-state index in [9.17, 15) is 0 Å². The van der Waals surface area contributed by atoms with E-state index in [0.29, 0.717) is 12.0 Å². The van der Waals surface area contributed by atoms with Crippen LogP contribution in [0.4, 0.5) is 0 Å². The second-order valence-corrected chi connectivity index (χ2v) is 3.52. The van der Waals surface area contributed by atoms with E-state index >= 15 is 0 Å². The van der Waals surface area contributed by atoms with Crippen LogP contribution in [0.25, 0.3) is 0 Å². The third kappa shape index (κ3) is 7.52. The lowest BCUT2D eigenvalue weighted by atomic mass is 9.93. The van der Waals surface area contributed by atoms with Gasteiger partial charge in [0, 0.05) is 13.5 Å². The second-order valence-electron chi connectivity index (χ2n) is 3.52. The minimum Gasteiger partial charge on any atom is -0.372 e. The first-order chi connectivity index (χ1) is 4.56. The average molecular weight is 140 g/mol. The molecule has 0 unspecified atom stereocenters. The lowest BCUT2D eigenvalue weighted by Crippen LogP contribution is -2.02. The summed E-state index contributed by atoms with van der Waals surface area (Å²) in [7, 11) is 1.66. The molecule has 0 heterocycles. The average Bonchev–Trinajstić information content (AvgIpc) is 1.78. The van der Waals surface area contributed by atoms with E-state index in [1.807, 2.05) is 0 Å². The van der Waals surface area contributed by atoms with E-state index in [-0.39, 0.29) is 0 Å². The van der Waals surface area contributed by atoms with E-state index in [4.69, 9.17) is 4.74 Å². The molecule has 0 fully saturated rings. The topological polar surface area (TPSA) is 9.23 Å². The maximum absolute atomic E-state index is 4.78. The molecular formula is C9H16O. The molecule has 58 valence electrons. The normalized spacial score (nSPS) is 10.4. The smallest absolute Gasteiger partial charge is 0.107 e. The molecule has 0 aliphatic heterocycles. The molecule has 0 atom stereocenters. The zero-order chi connectivity index (χ0) is 8.04. The second kappa shape index (κ2) is 4.35. The summed E-state index contributed by atoms with van der Waals surface area (Å²) in [5.41, 5.74) is 0.320. The molecule has 0 aromatic heterocycles. The van der Waals surface area contributed by atoms with Crippen molar-refractivity contribution in [3.8, 4) is 11.8 Å². The molecule has 1 nitrogen and oxygen atoms in total. The van der Waals surface area contributed by atoms with Crippen LogP contribution in [0.15, 0.2) is 0 Å². The van der Waals surface area contributed by atoms with Gasteiger partial charge in [-0.3, -0.25) is 0 Å². The molecule has 0 N–H and O–H groups in total. The first kappa shape index (κ1) is 9.52. The molecule has 0 rings (SSSR count). The summed E-state index contributed by atoms with van der Waals surface area (Å²) >= 11 is 0. The molecule has 0 spiro atoms. The zero-order valence-electron chi connectivity index (χ0n) is 7.32. The van der Waals surface area contributed by atoms with Crippen LogP contribution in [-0.4, -0.2) is 13.7 Å². The van der Waals surface area contributed by atoms with Crippen LogP contribution in [0.3, 0.4) is 0 Å². The highest BCUT2D eigenvalue weighted by Gasteiger charge is 2.06. The summed E-state index contributed by atoms with van der Waals surface area (Å²) in [4.78, 5) is 0. The highest BCUT2D eigenvalue weighted by atomic mass is 16.5. The van der Waals surface area contributed by atoms with Crippen LogP contribution < -0.4 is 0 Å². The van der Waals surface area contributed by atoms with Gasteiger partial charge in [0.25, 0.3) is 0 Å². The maximum atomic E-state index is 4.78. The van der Waals surface area contributed by atoms with Crippen molar-refractivity contribution < 1.29 is 4.74 Å². The van der Waals surface area contributed by atoms with Gasteiger partial charge in [-0.15, -0.1) is 5.92 Å². The van der Waals surface area contributed by atoms with Gasteiger partial charge in [-0.1, -0.05) is 26.7 Å². The van der Waals surface area contributed by atoms with Crippen molar-refractivity contribution >= 4 is 0 Å². The molecule has 0 aliphatic carbocycles. The standard InChI is InChI=1S/C9H16O/c1-9(2,3)7-5-6-8-10-4/h7-8H2,1-4H3. The van der Waals surface area contributed by atoms with Gasteiger partial charge in [0.2, 0.25) is 0 Å². The summed E-state index contributed by atoms with van der Waals surface area (Å²) in [6.07, 6.45) is 0.941. The van der Waals surface area contributed by atoms with Gasteiger partial charge < -0.3 is 4.74 Å². The minimum absolute atomic E-state index is 0.320. The molecule has 0 saturated heterocycles. The predicted octanol–water partition coefficient (Wildman–Crippen LogP) is 2.07. The number of hydrogen-bond acceptors (Lipinski definition) is 1. The van der Waals surface area contributed by atoms with E-state index in [1.54, 1.807) is 7.11 Å². The summed E-state index contributed by atoms with van der Waals surface area (Å²) < 4.78 is 4.78. The predicted molar refractivity (Wildman–Crippen MR) is 43.7 cm³/mol. The van der Waals surface area contributed by atoms with Gasteiger partial charge in [-0.25, -0.2) is 0 Å². The first-order valence-electron chi connectivity index (χ1n) is 3.51. The first-order valence-corrected chi connectivity index (χ1v) is 3.51. The molecule has 0 aromatic carbocycles. The molecule has 0 aliphatic rings.